The van der Waals surface area contributed by atoms with Crippen LogP contribution in [-0.4, -0.2) is 48.4 Å². The Bertz CT molecular complexity index is 368. The number of amides is 2. The van der Waals surface area contributed by atoms with Crippen molar-refractivity contribution < 1.29 is 19.1 Å². The summed E-state index contributed by atoms with van der Waals surface area (Å²) in [6.07, 6.45) is -0.796. The number of alkyl carbamates (subject to hydrolysis) is 1. The molecule has 1 heterocycles. The van der Waals surface area contributed by atoms with Crippen LogP contribution in [-0.2, 0) is 9.47 Å². The number of carbonyl (C=O) groups is 2. The zero-order valence-electron chi connectivity index (χ0n) is 13.3. The van der Waals surface area contributed by atoms with Crippen molar-refractivity contribution in [2.24, 2.45) is 5.41 Å². The summed E-state index contributed by atoms with van der Waals surface area (Å²) < 4.78 is 10.2. The van der Waals surface area contributed by atoms with Crippen LogP contribution in [0, 0.1) is 5.41 Å². The van der Waals surface area contributed by atoms with Gasteiger partial charge >= 0.3 is 12.2 Å². The van der Waals surface area contributed by atoms with E-state index in [0.717, 1.165) is 0 Å². The highest BCUT2D eigenvalue weighted by Crippen LogP contribution is 2.22. The van der Waals surface area contributed by atoms with Crippen LogP contribution < -0.4 is 5.32 Å². The van der Waals surface area contributed by atoms with E-state index in [0.29, 0.717) is 19.7 Å². The average Bonchev–Trinajstić information content (AvgIpc) is 2.59. The van der Waals surface area contributed by atoms with Crippen molar-refractivity contribution >= 4 is 12.2 Å². The highest BCUT2D eigenvalue weighted by atomic mass is 16.6. The summed E-state index contributed by atoms with van der Waals surface area (Å²) in [7, 11) is 0. The fourth-order valence-electron chi connectivity index (χ4n) is 1.80. The molecule has 1 aliphatic heterocycles. The second-order valence-corrected chi connectivity index (χ2v) is 7.13. The van der Waals surface area contributed by atoms with E-state index in [2.05, 4.69) is 5.32 Å². The zero-order chi connectivity index (χ0) is 15.6. The fraction of sp³-hybridized carbons (Fsp3) is 0.857. The van der Waals surface area contributed by atoms with Gasteiger partial charge in [0.25, 0.3) is 0 Å². The largest absolute Gasteiger partial charge is 0.448 e. The van der Waals surface area contributed by atoms with Crippen LogP contribution in [0.2, 0.25) is 0 Å². The van der Waals surface area contributed by atoms with E-state index < -0.39 is 11.7 Å². The molecular weight excluding hydrogens is 260 g/mol. The van der Waals surface area contributed by atoms with Gasteiger partial charge in [0.1, 0.15) is 12.2 Å². The molecule has 0 aliphatic carbocycles. The lowest BCUT2D eigenvalue weighted by atomic mass is 9.86. The molecule has 1 aliphatic rings. The molecule has 1 rings (SSSR count). The standard InChI is InChI=1S/C14H26N2O4/c1-13(2,3)10(9-16-7-8-19-12(16)18)15-11(17)20-14(4,5)6/h10H,7-9H2,1-6H3,(H,15,17)/t10-/m0/s1. The number of carbonyl (C=O) groups excluding carboxylic acids is 2. The maximum Gasteiger partial charge on any atom is 0.410 e. The van der Waals surface area contributed by atoms with Crippen LogP contribution >= 0.6 is 0 Å². The van der Waals surface area contributed by atoms with Crippen molar-refractivity contribution in [3.05, 3.63) is 0 Å². The normalized spacial score (nSPS) is 17.7. The zero-order valence-corrected chi connectivity index (χ0v) is 13.3. The van der Waals surface area contributed by atoms with E-state index in [1.807, 2.05) is 41.5 Å². The second-order valence-electron chi connectivity index (χ2n) is 7.13. The molecule has 1 atom stereocenters. The van der Waals surface area contributed by atoms with Crippen molar-refractivity contribution in [1.29, 1.82) is 0 Å². The third-order valence-electron chi connectivity index (χ3n) is 2.98. The molecule has 6 heteroatoms. The molecule has 20 heavy (non-hydrogen) atoms. The Morgan fingerprint density at radius 1 is 1.35 bits per heavy atom. The smallest absolute Gasteiger partial charge is 0.410 e. The lowest BCUT2D eigenvalue weighted by Crippen LogP contribution is -2.52. The number of ether oxygens (including phenoxy) is 2. The van der Waals surface area contributed by atoms with Crippen molar-refractivity contribution in [2.75, 3.05) is 19.7 Å². The predicted molar refractivity (Wildman–Crippen MR) is 75.5 cm³/mol. The van der Waals surface area contributed by atoms with E-state index in [1.54, 1.807) is 4.90 Å². The molecule has 2 amide bonds. The molecule has 0 aromatic carbocycles. The van der Waals surface area contributed by atoms with E-state index >= 15 is 0 Å². The number of nitrogens with one attached hydrogen (secondary N) is 1. The Morgan fingerprint density at radius 3 is 2.35 bits per heavy atom. The number of hydrogen-bond acceptors (Lipinski definition) is 4. The van der Waals surface area contributed by atoms with E-state index in [-0.39, 0.29) is 17.6 Å². The molecule has 6 nitrogen and oxygen atoms in total. The highest BCUT2D eigenvalue weighted by molar-refractivity contribution is 5.70. The molecule has 0 unspecified atom stereocenters. The summed E-state index contributed by atoms with van der Waals surface area (Å²) in [4.78, 5) is 25.0. The van der Waals surface area contributed by atoms with Crippen molar-refractivity contribution in [3.8, 4) is 0 Å². The van der Waals surface area contributed by atoms with Crippen molar-refractivity contribution in [3.63, 3.8) is 0 Å². The monoisotopic (exact) mass is 286 g/mol. The first kappa shape index (κ1) is 16.6. The van der Waals surface area contributed by atoms with Crippen molar-refractivity contribution in [2.45, 2.75) is 53.2 Å². The molecule has 1 fully saturated rings. The van der Waals surface area contributed by atoms with Gasteiger partial charge in [-0.15, -0.1) is 0 Å². The summed E-state index contributed by atoms with van der Waals surface area (Å²) in [5.74, 6) is 0. The van der Waals surface area contributed by atoms with Crippen LogP contribution in [0.4, 0.5) is 9.59 Å². The summed E-state index contributed by atoms with van der Waals surface area (Å²) in [6, 6.07) is -0.206. The summed E-state index contributed by atoms with van der Waals surface area (Å²) in [5.41, 5.74) is -0.737. The number of hydrogen-bond donors (Lipinski definition) is 1. The minimum absolute atomic E-state index is 0.195. The maximum absolute atomic E-state index is 11.9. The predicted octanol–water partition coefficient (Wildman–Crippen LogP) is 2.38. The Balaban J connectivity index is 2.66. The molecular formula is C14H26N2O4. The van der Waals surface area contributed by atoms with Gasteiger partial charge in [-0.1, -0.05) is 20.8 Å². The quantitative estimate of drug-likeness (QED) is 0.865. The molecule has 0 radical (unpaired) electrons. The number of cyclic esters (lactones) is 1. The molecule has 0 saturated carbocycles. The lowest BCUT2D eigenvalue weighted by Gasteiger charge is -2.34. The third-order valence-corrected chi connectivity index (χ3v) is 2.98. The molecule has 0 bridgehead atoms. The molecule has 0 aromatic rings. The topological polar surface area (TPSA) is 67.9 Å². The summed E-state index contributed by atoms with van der Waals surface area (Å²) in [6.45, 7) is 12.9. The first-order chi connectivity index (χ1) is 8.99. The van der Waals surface area contributed by atoms with Crippen LogP contribution in [0.15, 0.2) is 0 Å². The van der Waals surface area contributed by atoms with Crippen molar-refractivity contribution in [1.82, 2.24) is 10.2 Å². The Hall–Kier alpha value is -1.46. The van der Waals surface area contributed by atoms with Crippen LogP contribution in [0.5, 0.6) is 0 Å². The van der Waals surface area contributed by atoms with Gasteiger partial charge in [0, 0.05) is 6.54 Å². The van der Waals surface area contributed by atoms with Gasteiger partial charge in [0.15, 0.2) is 0 Å². The molecule has 0 aromatic heterocycles. The maximum atomic E-state index is 11.9. The minimum Gasteiger partial charge on any atom is -0.448 e. The number of rotatable bonds is 3. The molecule has 116 valence electrons. The first-order valence-electron chi connectivity index (χ1n) is 6.90. The van der Waals surface area contributed by atoms with E-state index in [4.69, 9.17) is 9.47 Å². The van der Waals surface area contributed by atoms with Gasteiger partial charge in [-0.25, -0.2) is 9.59 Å². The minimum atomic E-state index is -0.543. The molecule has 0 spiro atoms. The first-order valence-corrected chi connectivity index (χ1v) is 6.90. The van der Waals surface area contributed by atoms with Crippen LogP contribution in [0.25, 0.3) is 0 Å². The van der Waals surface area contributed by atoms with Gasteiger partial charge in [0.05, 0.1) is 12.6 Å². The van der Waals surface area contributed by atoms with Gasteiger partial charge < -0.3 is 19.7 Å². The fourth-order valence-corrected chi connectivity index (χ4v) is 1.80. The molecule has 1 N–H and O–H groups in total. The van der Waals surface area contributed by atoms with Gasteiger partial charge in [-0.2, -0.15) is 0 Å². The average molecular weight is 286 g/mol. The van der Waals surface area contributed by atoms with E-state index in [9.17, 15) is 9.59 Å². The van der Waals surface area contributed by atoms with Crippen LogP contribution in [0.3, 0.4) is 0 Å². The Morgan fingerprint density at radius 2 is 1.95 bits per heavy atom. The summed E-state index contributed by atoms with van der Waals surface area (Å²) >= 11 is 0. The van der Waals surface area contributed by atoms with Gasteiger partial charge in [-0.05, 0) is 26.2 Å². The lowest BCUT2D eigenvalue weighted by molar-refractivity contribution is 0.0446. The van der Waals surface area contributed by atoms with Gasteiger partial charge in [-0.3, -0.25) is 0 Å². The highest BCUT2D eigenvalue weighted by Gasteiger charge is 2.33. The Labute approximate surface area is 120 Å². The second kappa shape index (κ2) is 5.89. The third kappa shape index (κ3) is 5.27. The van der Waals surface area contributed by atoms with Crippen LogP contribution in [0.1, 0.15) is 41.5 Å². The van der Waals surface area contributed by atoms with Gasteiger partial charge in [0.2, 0.25) is 0 Å². The SMILES string of the molecule is CC(C)(C)OC(=O)N[C@@H](CN1CCOC1=O)C(C)(C)C. The molecule has 1 saturated heterocycles. The number of nitrogens with zero attached hydrogens (tertiary/aromatic N) is 1. The summed E-state index contributed by atoms with van der Waals surface area (Å²) in [5, 5.41) is 2.85. The Kier molecular flexibility index (Phi) is 4.89. The van der Waals surface area contributed by atoms with E-state index in [1.165, 1.54) is 0 Å².